The zero-order valence-electron chi connectivity index (χ0n) is 9.58. The second-order valence-corrected chi connectivity index (χ2v) is 5.88. The van der Waals surface area contributed by atoms with Gasteiger partial charge >= 0.3 is 0 Å². The van der Waals surface area contributed by atoms with Gasteiger partial charge in [-0.25, -0.2) is 0 Å². The van der Waals surface area contributed by atoms with Gasteiger partial charge in [0.1, 0.15) is 0 Å². The largest absolute Gasteiger partial charge is 0.384 e. The highest BCUT2D eigenvalue weighted by Crippen LogP contribution is 2.26. The second kappa shape index (κ2) is 6.18. The SMILES string of the molecule is N#Cc1ccc(NCC2CCSCC2)c(Cl)c1. The number of nitrogens with zero attached hydrogens (tertiary/aromatic N) is 1. The van der Waals surface area contributed by atoms with Gasteiger partial charge in [-0.05, 0) is 48.5 Å². The number of thioether (sulfide) groups is 1. The summed E-state index contributed by atoms with van der Waals surface area (Å²) in [6, 6.07) is 7.48. The number of anilines is 1. The van der Waals surface area contributed by atoms with Crippen LogP contribution < -0.4 is 5.32 Å². The van der Waals surface area contributed by atoms with Crippen LogP contribution >= 0.6 is 23.4 Å². The molecule has 0 spiro atoms. The van der Waals surface area contributed by atoms with E-state index in [9.17, 15) is 0 Å². The molecule has 1 N–H and O–H groups in total. The van der Waals surface area contributed by atoms with Crippen LogP contribution in [0.1, 0.15) is 18.4 Å². The van der Waals surface area contributed by atoms with Crippen molar-refractivity contribution in [2.75, 3.05) is 23.4 Å². The lowest BCUT2D eigenvalue weighted by atomic mass is 10.0. The summed E-state index contributed by atoms with van der Waals surface area (Å²) in [7, 11) is 0. The van der Waals surface area contributed by atoms with Crippen LogP contribution in [0.25, 0.3) is 0 Å². The van der Waals surface area contributed by atoms with E-state index in [1.54, 1.807) is 12.1 Å². The minimum absolute atomic E-state index is 0.606. The van der Waals surface area contributed by atoms with Crippen LogP contribution in [0.15, 0.2) is 18.2 Å². The van der Waals surface area contributed by atoms with Gasteiger partial charge in [0.05, 0.1) is 22.3 Å². The van der Waals surface area contributed by atoms with Crippen molar-refractivity contribution in [1.29, 1.82) is 5.26 Å². The Labute approximate surface area is 111 Å². The molecule has 17 heavy (non-hydrogen) atoms. The lowest BCUT2D eigenvalue weighted by molar-refractivity contribution is 0.516. The van der Waals surface area contributed by atoms with Crippen molar-refractivity contribution in [3.63, 3.8) is 0 Å². The highest BCUT2D eigenvalue weighted by Gasteiger charge is 2.13. The highest BCUT2D eigenvalue weighted by atomic mass is 35.5. The minimum atomic E-state index is 0.606. The molecule has 4 heteroatoms. The summed E-state index contributed by atoms with van der Waals surface area (Å²) >= 11 is 8.15. The predicted octanol–water partition coefficient (Wildman–Crippen LogP) is 3.77. The Bertz CT molecular complexity index is 422. The van der Waals surface area contributed by atoms with Gasteiger partial charge in [-0.3, -0.25) is 0 Å². The first-order valence-electron chi connectivity index (χ1n) is 5.81. The summed E-state index contributed by atoms with van der Waals surface area (Å²) in [5, 5.41) is 12.8. The van der Waals surface area contributed by atoms with Gasteiger partial charge in [0.25, 0.3) is 0 Å². The zero-order valence-corrected chi connectivity index (χ0v) is 11.2. The highest BCUT2D eigenvalue weighted by molar-refractivity contribution is 7.99. The van der Waals surface area contributed by atoms with Crippen LogP contribution in [-0.4, -0.2) is 18.1 Å². The molecular formula is C13H15ClN2S. The molecule has 1 aliphatic heterocycles. The molecule has 1 saturated heterocycles. The van der Waals surface area contributed by atoms with E-state index in [4.69, 9.17) is 16.9 Å². The average molecular weight is 267 g/mol. The van der Waals surface area contributed by atoms with Crippen LogP contribution in [0, 0.1) is 17.2 Å². The number of benzene rings is 1. The van der Waals surface area contributed by atoms with Crippen LogP contribution in [0.4, 0.5) is 5.69 Å². The third kappa shape index (κ3) is 3.55. The fourth-order valence-corrected chi connectivity index (χ4v) is 3.38. The van der Waals surface area contributed by atoms with Gasteiger partial charge in [-0.15, -0.1) is 0 Å². The van der Waals surface area contributed by atoms with Gasteiger partial charge < -0.3 is 5.32 Å². The fraction of sp³-hybridized carbons (Fsp3) is 0.462. The lowest BCUT2D eigenvalue weighted by Gasteiger charge is -2.22. The first kappa shape index (κ1) is 12.6. The molecule has 0 amide bonds. The van der Waals surface area contributed by atoms with E-state index < -0.39 is 0 Å². The molecule has 1 aliphatic rings. The van der Waals surface area contributed by atoms with Crippen LogP contribution in [0.2, 0.25) is 5.02 Å². The molecule has 1 heterocycles. The molecule has 0 aromatic heterocycles. The van der Waals surface area contributed by atoms with Crippen LogP contribution in [0.5, 0.6) is 0 Å². The summed E-state index contributed by atoms with van der Waals surface area (Å²) in [6.07, 6.45) is 2.57. The zero-order chi connectivity index (χ0) is 12.1. The standard InChI is InChI=1S/C13H15ClN2S/c14-12-7-11(8-15)1-2-13(12)16-9-10-3-5-17-6-4-10/h1-2,7,10,16H,3-6,9H2. The van der Waals surface area contributed by atoms with E-state index in [0.717, 1.165) is 18.2 Å². The van der Waals surface area contributed by atoms with Crippen LogP contribution in [0.3, 0.4) is 0 Å². The molecular weight excluding hydrogens is 252 g/mol. The molecule has 1 aromatic carbocycles. The quantitative estimate of drug-likeness (QED) is 0.905. The molecule has 0 radical (unpaired) electrons. The first-order valence-corrected chi connectivity index (χ1v) is 7.34. The van der Waals surface area contributed by atoms with E-state index in [1.807, 2.05) is 17.8 Å². The van der Waals surface area contributed by atoms with Crippen LogP contribution in [-0.2, 0) is 0 Å². The summed E-state index contributed by atoms with van der Waals surface area (Å²) < 4.78 is 0. The molecule has 1 aromatic rings. The van der Waals surface area contributed by atoms with Crippen molar-refractivity contribution in [1.82, 2.24) is 0 Å². The molecule has 2 rings (SSSR count). The van der Waals surface area contributed by atoms with Crippen molar-refractivity contribution in [3.8, 4) is 6.07 Å². The first-order chi connectivity index (χ1) is 8.29. The number of nitriles is 1. The Kier molecular flexibility index (Phi) is 4.58. The summed E-state index contributed by atoms with van der Waals surface area (Å²) in [6.45, 7) is 0.978. The molecule has 0 bridgehead atoms. The maximum absolute atomic E-state index is 8.76. The van der Waals surface area contributed by atoms with E-state index >= 15 is 0 Å². The summed E-state index contributed by atoms with van der Waals surface area (Å²) in [5.74, 6) is 3.30. The van der Waals surface area contributed by atoms with Crippen molar-refractivity contribution >= 4 is 29.1 Å². The minimum Gasteiger partial charge on any atom is -0.384 e. The Hall–Kier alpha value is -0.850. The Morgan fingerprint density at radius 1 is 1.41 bits per heavy atom. The Morgan fingerprint density at radius 3 is 2.82 bits per heavy atom. The number of hydrogen-bond donors (Lipinski definition) is 1. The lowest BCUT2D eigenvalue weighted by Crippen LogP contribution is -2.19. The van der Waals surface area contributed by atoms with Gasteiger partial charge in [0, 0.05) is 6.54 Å². The maximum atomic E-state index is 8.76. The van der Waals surface area contributed by atoms with Gasteiger partial charge in [-0.1, -0.05) is 11.6 Å². The third-order valence-electron chi connectivity index (χ3n) is 3.02. The monoisotopic (exact) mass is 266 g/mol. The molecule has 1 fully saturated rings. The number of nitrogens with one attached hydrogen (secondary N) is 1. The van der Waals surface area contributed by atoms with E-state index in [0.29, 0.717) is 10.6 Å². The summed E-state index contributed by atoms with van der Waals surface area (Å²) in [4.78, 5) is 0. The van der Waals surface area contributed by atoms with Gasteiger partial charge in [0.2, 0.25) is 0 Å². The van der Waals surface area contributed by atoms with Crippen molar-refractivity contribution < 1.29 is 0 Å². The average Bonchev–Trinajstić information content (AvgIpc) is 2.38. The van der Waals surface area contributed by atoms with Crippen molar-refractivity contribution in [2.24, 2.45) is 5.92 Å². The van der Waals surface area contributed by atoms with Gasteiger partial charge in [-0.2, -0.15) is 17.0 Å². The van der Waals surface area contributed by atoms with Crippen molar-refractivity contribution in [2.45, 2.75) is 12.8 Å². The number of rotatable bonds is 3. The molecule has 0 aliphatic carbocycles. The Balaban J connectivity index is 1.92. The molecule has 2 nitrogen and oxygen atoms in total. The van der Waals surface area contributed by atoms with E-state index in [-0.39, 0.29) is 0 Å². The normalized spacial score (nSPS) is 16.5. The third-order valence-corrected chi connectivity index (χ3v) is 4.38. The van der Waals surface area contributed by atoms with E-state index in [1.165, 1.54) is 24.3 Å². The van der Waals surface area contributed by atoms with Gasteiger partial charge in [0.15, 0.2) is 0 Å². The number of halogens is 1. The number of hydrogen-bond acceptors (Lipinski definition) is 3. The molecule has 90 valence electrons. The predicted molar refractivity (Wildman–Crippen MR) is 74.7 cm³/mol. The topological polar surface area (TPSA) is 35.8 Å². The maximum Gasteiger partial charge on any atom is 0.0992 e. The Morgan fingerprint density at radius 2 is 2.18 bits per heavy atom. The molecule has 0 saturated carbocycles. The second-order valence-electron chi connectivity index (χ2n) is 4.24. The van der Waals surface area contributed by atoms with E-state index in [2.05, 4.69) is 11.4 Å². The molecule has 0 unspecified atom stereocenters. The smallest absolute Gasteiger partial charge is 0.0992 e. The van der Waals surface area contributed by atoms with Crippen molar-refractivity contribution in [3.05, 3.63) is 28.8 Å². The summed E-state index contributed by atoms with van der Waals surface area (Å²) in [5.41, 5.74) is 1.54. The fourth-order valence-electron chi connectivity index (χ4n) is 1.93. The molecule has 0 atom stereocenters.